The molecule has 58 heavy (non-hydrogen) atoms. The maximum atomic E-state index is 13.1. The first-order chi connectivity index (χ1) is 27.0. The average molecular weight is 875 g/mol. The summed E-state index contributed by atoms with van der Waals surface area (Å²) < 4.78 is 29.5. The van der Waals surface area contributed by atoms with E-state index in [2.05, 4.69) is 10.6 Å². The minimum Gasteiger partial charge on any atom is -0.395 e. The van der Waals surface area contributed by atoms with Crippen LogP contribution in [0.15, 0.2) is 132 Å². The van der Waals surface area contributed by atoms with Crippen molar-refractivity contribution in [2.45, 2.75) is 26.7 Å². The lowest BCUT2D eigenvalue weighted by molar-refractivity contribution is -0.119. The fraction of sp³-hybridized carbons (Fsp3) is 0.136. The first kappa shape index (κ1) is 44.2. The van der Waals surface area contributed by atoms with Crippen LogP contribution in [0, 0.1) is 0 Å². The van der Waals surface area contributed by atoms with Crippen LogP contribution in [-0.2, 0) is 24.1 Å². The Bertz CT molecular complexity index is 2840. The zero-order chi connectivity index (χ0) is 39.4. The number of hydrogen-bond acceptors (Lipinski definition) is 8. The van der Waals surface area contributed by atoms with Gasteiger partial charge in [0, 0.05) is 30.8 Å². The standard InChI is InChI=1S/C21H17ClN2O4S2.C21H16ClNO2S.2CH4/c22-15-6-8-20-17(10-15)19(12-29-20)18(11-28-30(23,26)27)21(25)24-16-7-5-13-3-1-2-4-14(13)9-16;22-15-6-8-20-17(10-15)19(12-26-20)18(11-24)21(25)23-16-7-5-13-3-1-2-4-14(13)9-16;;/h1-10,12,18H,11H2,(H,24,25)(H2,23,26,27);1-10,12,18,24H,11H2,(H,23,25);2*1H4. The van der Waals surface area contributed by atoms with Crippen LogP contribution in [0.5, 0.6) is 0 Å². The van der Waals surface area contributed by atoms with Gasteiger partial charge in [-0.15, -0.1) is 22.7 Å². The summed E-state index contributed by atoms with van der Waals surface area (Å²) in [6, 6.07) is 38.0. The normalized spacial score (nSPS) is 12.2. The number of benzene rings is 6. The van der Waals surface area contributed by atoms with Gasteiger partial charge in [-0.25, -0.2) is 5.14 Å². The van der Waals surface area contributed by atoms with E-state index in [0.29, 0.717) is 27.0 Å². The monoisotopic (exact) mass is 873 g/mol. The number of halogens is 2. The SMILES string of the molecule is C.C.NS(=O)(=O)OCC(C(=O)Nc1ccc2ccccc2c1)c1csc2ccc(Cl)cc12.O=C(Nc1ccc2ccccc2c1)C(CO)c1csc2ccc(Cl)cc12. The van der Waals surface area contributed by atoms with Crippen LogP contribution in [0.3, 0.4) is 0 Å². The van der Waals surface area contributed by atoms with E-state index in [0.717, 1.165) is 47.3 Å². The fourth-order valence-corrected chi connectivity index (χ4v) is 9.03. The number of thiophene rings is 2. The van der Waals surface area contributed by atoms with E-state index in [4.69, 9.17) is 32.5 Å². The molecule has 2 unspecified atom stereocenters. The minimum absolute atomic E-state index is 0. The summed E-state index contributed by atoms with van der Waals surface area (Å²) in [5.74, 6) is -2.19. The molecular formula is C44H41Cl2N3O6S3. The summed E-state index contributed by atoms with van der Waals surface area (Å²) in [6.45, 7) is -0.686. The van der Waals surface area contributed by atoms with E-state index in [1.807, 2.05) is 109 Å². The largest absolute Gasteiger partial charge is 0.395 e. The predicted molar refractivity (Wildman–Crippen MR) is 244 cm³/mol. The zero-order valence-corrected chi connectivity index (χ0v) is 33.3. The van der Waals surface area contributed by atoms with Crippen molar-refractivity contribution in [1.29, 1.82) is 0 Å². The van der Waals surface area contributed by atoms with Crippen LogP contribution in [0.25, 0.3) is 41.7 Å². The van der Waals surface area contributed by atoms with Gasteiger partial charge in [0.15, 0.2) is 0 Å². The molecule has 0 fully saturated rings. The molecule has 2 aromatic heterocycles. The van der Waals surface area contributed by atoms with Gasteiger partial charge in [-0.2, -0.15) is 8.42 Å². The number of nitrogens with one attached hydrogen (secondary N) is 2. The Kier molecular flexibility index (Phi) is 14.7. The molecule has 0 aliphatic heterocycles. The molecule has 8 rings (SSSR count). The minimum atomic E-state index is -4.21. The van der Waals surface area contributed by atoms with Crippen molar-refractivity contribution in [3.63, 3.8) is 0 Å². The highest BCUT2D eigenvalue weighted by atomic mass is 35.5. The number of anilines is 2. The molecule has 8 aromatic rings. The number of carbonyl (C=O) groups is 2. The van der Waals surface area contributed by atoms with Gasteiger partial charge in [-0.1, -0.05) is 98.7 Å². The number of rotatable bonds is 10. The third-order valence-corrected chi connectivity index (χ3v) is 12.0. The summed E-state index contributed by atoms with van der Waals surface area (Å²) in [5, 5.41) is 31.3. The topological polar surface area (TPSA) is 148 Å². The van der Waals surface area contributed by atoms with Crippen LogP contribution < -0.4 is 15.8 Å². The smallest absolute Gasteiger partial charge is 0.333 e. The molecule has 2 amide bonds. The Morgan fingerprint density at radius 1 is 0.638 bits per heavy atom. The second-order valence-corrected chi connectivity index (χ2v) is 16.7. The lowest BCUT2D eigenvalue weighted by atomic mass is 9.98. The Morgan fingerprint density at radius 3 is 1.52 bits per heavy atom. The first-order valence-electron chi connectivity index (χ1n) is 17.2. The zero-order valence-electron chi connectivity index (χ0n) is 29.3. The molecule has 300 valence electrons. The van der Waals surface area contributed by atoms with Gasteiger partial charge in [-0.3, -0.25) is 13.8 Å². The van der Waals surface area contributed by atoms with E-state index < -0.39 is 34.7 Å². The Morgan fingerprint density at radius 2 is 1.07 bits per heavy atom. The number of aliphatic hydroxyl groups is 1. The molecular weight excluding hydrogens is 834 g/mol. The van der Waals surface area contributed by atoms with Crippen LogP contribution in [0.2, 0.25) is 10.0 Å². The molecule has 0 aliphatic carbocycles. The molecule has 0 saturated carbocycles. The molecule has 14 heteroatoms. The van der Waals surface area contributed by atoms with Gasteiger partial charge < -0.3 is 15.7 Å². The second-order valence-electron chi connectivity index (χ2n) is 12.8. The van der Waals surface area contributed by atoms with Crippen LogP contribution in [0.4, 0.5) is 11.4 Å². The Balaban J connectivity index is 0.000000215. The highest BCUT2D eigenvalue weighted by Crippen LogP contribution is 2.36. The van der Waals surface area contributed by atoms with Crippen molar-refractivity contribution < 1.29 is 27.3 Å². The quantitative estimate of drug-likeness (QED) is 0.108. The summed E-state index contributed by atoms with van der Waals surface area (Å²) in [5.41, 5.74) is 2.73. The fourth-order valence-electron chi connectivity index (χ4n) is 6.37. The molecule has 9 nitrogen and oxygen atoms in total. The lowest BCUT2D eigenvalue weighted by Gasteiger charge is -2.16. The molecule has 0 saturated heterocycles. The molecule has 0 aliphatic rings. The van der Waals surface area contributed by atoms with E-state index in [1.165, 1.54) is 11.3 Å². The van der Waals surface area contributed by atoms with E-state index in [1.54, 1.807) is 34.9 Å². The van der Waals surface area contributed by atoms with Crippen LogP contribution in [-0.4, -0.2) is 38.6 Å². The van der Waals surface area contributed by atoms with Gasteiger partial charge in [0.05, 0.1) is 25.0 Å². The molecule has 6 aromatic carbocycles. The molecule has 5 N–H and O–H groups in total. The maximum absolute atomic E-state index is 13.1. The van der Waals surface area contributed by atoms with Crippen molar-refractivity contribution in [2.75, 3.05) is 23.8 Å². The van der Waals surface area contributed by atoms with E-state index in [-0.39, 0.29) is 27.4 Å². The summed E-state index contributed by atoms with van der Waals surface area (Å²) >= 11 is 15.2. The Labute approximate surface area is 355 Å². The third kappa shape index (κ3) is 10.4. The highest BCUT2D eigenvalue weighted by Gasteiger charge is 2.27. The van der Waals surface area contributed by atoms with E-state index >= 15 is 0 Å². The van der Waals surface area contributed by atoms with Crippen LogP contribution in [0.1, 0.15) is 37.8 Å². The van der Waals surface area contributed by atoms with Crippen molar-refractivity contribution in [1.82, 2.24) is 0 Å². The summed E-state index contributed by atoms with van der Waals surface area (Å²) in [4.78, 5) is 25.9. The van der Waals surface area contributed by atoms with Crippen LogP contribution >= 0.6 is 45.9 Å². The summed E-state index contributed by atoms with van der Waals surface area (Å²) in [7, 11) is -4.21. The molecule has 0 bridgehead atoms. The van der Waals surface area contributed by atoms with Gasteiger partial charge in [0.1, 0.15) is 0 Å². The molecule has 0 spiro atoms. The number of nitrogens with two attached hydrogens (primary N) is 1. The lowest BCUT2D eigenvalue weighted by Crippen LogP contribution is -2.28. The van der Waals surface area contributed by atoms with E-state index in [9.17, 15) is 23.1 Å². The molecule has 2 heterocycles. The summed E-state index contributed by atoms with van der Waals surface area (Å²) in [6.07, 6.45) is 0. The van der Waals surface area contributed by atoms with Gasteiger partial charge in [0.25, 0.3) is 0 Å². The average Bonchev–Trinajstić information content (AvgIpc) is 3.78. The number of carbonyl (C=O) groups excluding carboxylic acids is 2. The predicted octanol–water partition coefficient (Wildman–Crippen LogP) is 11.3. The number of aliphatic hydroxyl groups excluding tert-OH is 1. The van der Waals surface area contributed by atoms with Gasteiger partial charge in [-0.05, 0) is 115 Å². The highest BCUT2D eigenvalue weighted by molar-refractivity contribution is 7.84. The number of fused-ring (bicyclic) bond motifs is 4. The number of hydrogen-bond donors (Lipinski definition) is 4. The molecule has 0 radical (unpaired) electrons. The second kappa shape index (κ2) is 19.2. The third-order valence-electron chi connectivity index (χ3n) is 9.13. The van der Waals surface area contributed by atoms with Crippen molar-refractivity contribution in [2.24, 2.45) is 5.14 Å². The van der Waals surface area contributed by atoms with Crippen molar-refractivity contribution >= 4 is 121 Å². The first-order valence-corrected chi connectivity index (χ1v) is 21.1. The van der Waals surface area contributed by atoms with Crippen molar-refractivity contribution in [3.05, 3.63) is 153 Å². The number of amides is 2. The Hall–Kier alpha value is -4.89. The maximum Gasteiger partial charge on any atom is 0.333 e. The van der Waals surface area contributed by atoms with Crippen molar-refractivity contribution in [3.8, 4) is 0 Å². The van der Waals surface area contributed by atoms with Gasteiger partial charge in [0.2, 0.25) is 11.8 Å². The van der Waals surface area contributed by atoms with Gasteiger partial charge >= 0.3 is 10.3 Å². The molecule has 2 atom stereocenters.